The first-order valence-electron chi connectivity index (χ1n) is 5.42. The van der Waals surface area contributed by atoms with Crippen LogP contribution in [-0.2, 0) is 6.42 Å². The van der Waals surface area contributed by atoms with Gasteiger partial charge in [-0.15, -0.1) is 0 Å². The largest absolute Gasteiger partial charge is 0.400 e. The molecule has 0 aliphatic rings. The van der Waals surface area contributed by atoms with Gasteiger partial charge in [-0.3, -0.25) is 0 Å². The minimum Gasteiger partial charge on any atom is -0.400 e. The zero-order valence-electron chi connectivity index (χ0n) is 10.4. The van der Waals surface area contributed by atoms with E-state index in [9.17, 15) is 0 Å². The van der Waals surface area contributed by atoms with Crippen molar-refractivity contribution in [3.8, 4) is 0 Å². The molecule has 0 atom stereocenters. The molecule has 0 bridgehead atoms. The fraction of sp³-hybridized carbons (Fsp3) is 0.200. The molecule has 0 aromatic heterocycles. The van der Waals surface area contributed by atoms with E-state index < -0.39 is 0 Å². The van der Waals surface area contributed by atoms with Crippen LogP contribution in [0.1, 0.15) is 11.1 Å². The van der Waals surface area contributed by atoms with Crippen LogP contribution in [0.5, 0.6) is 0 Å². The SMILES string of the molecule is CO.CO.c1ccc(Cc2ccccc2)cc1. The monoisotopic (exact) mass is 232 g/mol. The predicted octanol–water partition coefficient (Wildman–Crippen LogP) is 2.49. The molecule has 0 aliphatic carbocycles. The molecule has 2 heteroatoms. The maximum Gasteiger partial charge on any atom is 0.0319 e. The van der Waals surface area contributed by atoms with E-state index in [2.05, 4.69) is 60.7 Å². The first-order chi connectivity index (χ1) is 8.45. The number of benzene rings is 2. The molecule has 92 valence electrons. The molecule has 0 radical (unpaired) electrons. The van der Waals surface area contributed by atoms with E-state index in [1.807, 2.05) is 0 Å². The summed E-state index contributed by atoms with van der Waals surface area (Å²) in [5.74, 6) is 0. The lowest BCUT2D eigenvalue weighted by Gasteiger charge is -2.00. The number of hydrogen-bond donors (Lipinski definition) is 2. The quantitative estimate of drug-likeness (QED) is 0.835. The van der Waals surface area contributed by atoms with E-state index >= 15 is 0 Å². The summed E-state index contributed by atoms with van der Waals surface area (Å²) in [6, 6.07) is 21.1. The highest BCUT2D eigenvalue weighted by atomic mass is 16.2. The van der Waals surface area contributed by atoms with Crippen molar-refractivity contribution in [2.24, 2.45) is 0 Å². The van der Waals surface area contributed by atoms with Gasteiger partial charge >= 0.3 is 0 Å². The molecule has 2 aromatic carbocycles. The van der Waals surface area contributed by atoms with Crippen LogP contribution in [0.15, 0.2) is 60.7 Å². The average Bonchev–Trinajstić information content (AvgIpc) is 2.45. The van der Waals surface area contributed by atoms with Gasteiger partial charge < -0.3 is 10.2 Å². The Morgan fingerprint density at radius 3 is 1.18 bits per heavy atom. The van der Waals surface area contributed by atoms with Crippen molar-refractivity contribution in [2.75, 3.05) is 14.2 Å². The van der Waals surface area contributed by atoms with E-state index in [-0.39, 0.29) is 0 Å². The molecule has 0 fully saturated rings. The number of aliphatic hydroxyl groups is 2. The molecule has 0 saturated heterocycles. The van der Waals surface area contributed by atoms with Crippen LogP contribution in [0.4, 0.5) is 0 Å². The average molecular weight is 232 g/mol. The Morgan fingerprint density at radius 2 is 0.882 bits per heavy atom. The van der Waals surface area contributed by atoms with Gasteiger partial charge in [0, 0.05) is 14.2 Å². The predicted molar refractivity (Wildman–Crippen MR) is 72.0 cm³/mol. The molecule has 0 aliphatic heterocycles. The van der Waals surface area contributed by atoms with Gasteiger partial charge in [-0.1, -0.05) is 60.7 Å². The fourth-order valence-corrected chi connectivity index (χ4v) is 1.43. The number of hydrogen-bond acceptors (Lipinski definition) is 2. The van der Waals surface area contributed by atoms with Crippen LogP contribution >= 0.6 is 0 Å². The molecular formula is C15H20O2. The Kier molecular flexibility index (Phi) is 9.82. The molecule has 0 amide bonds. The summed E-state index contributed by atoms with van der Waals surface area (Å²) in [7, 11) is 2.00. The van der Waals surface area contributed by atoms with Gasteiger partial charge in [-0.2, -0.15) is 0 Å². The van der Waals surface area contributed by atoms with Crippen LogP contribution in [0.2, 0.25) is 0 Å². The van der Waals surface area contributed by atoms with Gasteiger partial charge in [-0.25, -0.2) is 0 Å². The molecule has 2 N–H and O–H groups in total. The molecule has 0 spiro atoms. The van der Waals surface area contributed by atoms with Gasteiger partial charge in [0.25, 0.3) is 0 Å². The van der Waals surface area contributed by atoms with E-state index in [4.69, 9.17) is 10.2 Å². The summed E-state index contributed by atoms with van der Waals surface area (Å²) in [5.41, 5.74) is 2.74. The maximum atomic E-state index is 7.00. The summed E-state index contributed by atoms with van der Waals surface area (Å²) in [6.07, 6.45) is 1.03. The van der Waals surface area contributed by atoms with Crippen molar-refractivity contribution in [3.63, 3.8) is 0 Å². The molecule has 2 aromatic rings. The second kappa shape index (κ2) is 10.9. The summed E-state index contributed by atoms with van der Waals surface area (Å²) in [6.45, 7) is 0. The second-order valence-corrected chi connectivity index (χ2v) is 3.15. The lowest BCUT2D eigenvalue weighted by atomic mass is 10.1. The smallest absolute Gasteiger partial charge is 0.0319 e. The van der Waals surface area contributed by atoms with Crippen LogP contribution in [0.3, 0.4) is 0 Å². The maximum absolute atomic E-state index is 7.00. The zero-order valence-corrected chi connectivity index (χ0v) is 10.4. The lowest BCUT2D eigenvalue weighted by Crippen LogP contribution is -1.85. The molecule has 2 nitrogen and oxygen atoms in total. The van der Waals surface area contributed by atoms with Gasteiger partial charge in [0.2, 0.25) is 0 Å². The summed E-state index contributed by atoms with van der Waals surface area (Å²) < 4.78 is 0. The third-order valence-corrected chi connectivity index (χ3v) is 2.09. The van der Waals surface area contributed by atoms with Crippen molar-refractivity contribution in [3.05, 3.63) is 71.8 Å². The van der Waals surface area contributed by atoms with Crippen molar-refractivity contribution in [2.45, 2.75) is 6.42 Å². The Labute approximate surface area is 103 Å². The number of rotatable bonds is 2. The lowest BCUT2D eigenvalue weighted by molar-refractivity contribution is 0.399. The second-order valence-electron chi connectivity index (χ2n) is 3.15. The standard InChI is InChI=1S/C13H12.2CH4O/c1-3-7-12(8-4-1)11-13-9-5-2-6-10-13;2*1-2/h1-10H,11H2;2*2H,1H3. The minimum absolute atomic E-state index is 1.00. The van der Waals surface area contributed by atoms with E-state index in [0.29, 0.717) is 0 Å². The Hall–Kier alpha value is -1.64. The molecule has 0 unspecified atom stereocenters. The highest BCUT2D eigenvalue weighted by Gasteiger charge is 1.92. The van der Waals surface area contributed by atoms with Crippen LogP contribution in [0, 0.1) is 0 Å². The third kappa shape index (κ3) is 6.51. The van der Waals surface area contributed by atoms with Gasteiger partial charge in [0.15, 0.2) is 0 Å². The fourth-order valence-electron chi connectivity index (χ4n) is 1.43. The molecule has 17 heavy (non-hydrogen) atoms. The Morgan fingerprint density at radius 1 is 0.588 bits per heavy atom. The third-order valence-electron chi connectivity index (χ3n) is 2.09. The van der Waals surface area contributed by atoms with Gasteiger partial charge in [-0.05, 0) is 17.5 Å². The van der Waals surface area contributed by atoms with Gasteiger partial charge in [0.1, 0.15) is 0 Å². The Bertz CT molecular complexity index is 320. The molecule has 2 rings (SSSR count). The molecule has 0 saturated carbocycles. The minimum atomic E-state index is 1.00. The van der Waals surface area contributed by atoms with Crippen LogP contribution in [0.25, 0.3) is 0 Å². The van der Waals surface area contributed by atoms with Crippen LogP contribution < -0.4 is 0 Å². The topological polar surface area (TPSA) is 40.5 Å². The van der Waals surface area contributed by atoms with Gasteiger partial charge in [0.05, 0.1) is 0 Å². The highest BCUT2D eigenvalue weighted by Crippen LogP contribution is 2.07. The van der Waals surface area contributed by atoms with E-state index in [1.165, 1.54) is 11.1 Å². The van der Waals surface area contributed by atoms with Crippen molar-refractivity contribution < 1.29 is 10.2 Å². The van der Waals surface area contributed by atoms with Crippen LogP contribution in [-0.4, -0.2) is 24.4 Å². The normalized spacial score (nSPS) is 8.24. The summed E-state index contributed by atoms with van der Waals surface area (Å²) >= 11 is 0. The van der Waals surface area contributed by atoms with Crippen molar-refractivity contribution >= 4 is 0 Å². The van der Waals surface area contributed by atoms with Crippen molar-refractivity contribution in [1.29, 1.82) is 0 Å². The first-order valence-corrected chi connectivity index (χ1v) is 5.42. The molecule has 0 heterocycles. The van der Waals surface area contributed by atoms with Crippen molar-refractivity contribution in [1.82, 2.24) is 0 Å². The Balaban J connectivity index is 0.000000581. The van der Waals surface area contributed by atoms with E-state index in [0.717, 1.165) is 20.6 Å². The first kappa shape index (κ1) is 15.4. The van der Waals surface area contributed by atoms with E-state index in [1.54, 1.807) is 0 Å². The summed E-state index contributed by atoms with van der Waals surface area (Å²) in [4.78, 5) is 0. The molecular weight excluding hydrogens is 212 g/mol. The summed E-state index contributed by atoms with van der Waals surface area (Å²) in [5, 5.41) is 14.0. The zero-order chi connectivity index (χ0) is 12.9. The highest BCUT2D eigenvalue weighted by molar-refractivity contribution is 5.25. The number of aliphatic hydroxyl groups excluding tert-OH is 2.